The zero-order valence-electron chi connectivity index (χ0n) is 13.1. The number of aromatic nitrogens is 1. The van der Waals surface area contributed by atoms with Crippen LogP contribution in [0.5, 0.6) is 0 Å². The first kappa shape index (κ1) is 14.2. The molecule has 0 amide bonds. The number of pyridine rings is 1. The van der Waals surface area contributed by atoms with Crippen LogP contribution in [0.15, 0.2) is 60.7 Å². The molecule has 0 N–H and O–H groups in total. The molecule has 1 aromatic heterocycles. The van der Waals surface area contributed by atoms with E-state index in [-0.39, 0.29) is 0 Å². The molecule has 0 atom stereocenters. The lowest BCUT2D eigenvalue weighted by Gasteiger charge is -2.12. The Kier molecular flexibility index (Phi) is 3.32. The first-order valence-electron chi connectivity index (χ1n) is 7.69. The minimum atomic E-state index is 0.741. The molecule has 2 heteroatoms. The molecule has 0 unspecified atom stereocenters. The molecule has 0 saturated carbocycles. The van der Waals surface area contributed by atoms with Crippen LogP contribution in [0.2, 0.25) is 5.02 Å². The van der Waals surface area contributed by atoms with Gasteiger partial charge in [-0.05, 0) is 43.0 Å². The number of hydrogen-bond donors (Lipinski definition) is 0. The Morgan fingerprint density at radius 1 is 0.783 bits per heavy atom. The van der Waals surface area contributed by atoms with Gasteiger partial charge < -0.3 is 0 Å². The van der Waals surface area contributed by atoms with E-state index in [1.54, 1.807) is 0 Å². The Labute approximate surface area is 140 Å². The summed E-state index contributed by atoms with van der Waals surface area (Å²) in [5.41, 5.74) is 5.64. The van der Waals surface area contributed by atoms with E-state index in [1.165, 1.54) is 27.3 Å². The van der Waals surface area contributed by atoms with Crippen molar-refractivity contribution < 1.29 is 0 Å². The second-order valence-electron chi connectivity index (χ2n) is 5.99. The maximum absolute atomic E-state index is 6.03. The summed E-state index contributed by atoms with van der Waals surface area (Å²) >= 11 is 6.03. The normalized spacial score (nSPS) is 11.3. The third-order valence-electron chi connectivity index (χ3n) is 4.26. The molecule has 3 aromatic carbocycles. The van der Waals surface area contributed by atoms with Gasteiger partial charge in [-0.15, -0.1) is 0 Å². The van der Waals surface area contributed by atoms with Crippen LogP contribution in [-0.4, -0.2) is 4.98 Å². The average molecular weight is 318 g/mol. The highest BCUT2D eigenvalue weighted by Crippen LogP contribution is 2.34. The highest BCUT2D eigenvalue weighted by molar-refractivity contribution is 6.30. The SMILES string of the molecule is Cc1cc(C)c2nc(-c3ccc(Cl)cc3)c3ccccc3c2c1. The molecule has 0 fully saturated rings. The first-order chi connectivity index (χ1) is 11.1. The van der Waals surface area contributed by atoms with Crippen molar-refractivity contribution >= 4 is 33.3 Å². The van der Waals surface area contributed by atoms with Gasteiger partial charge in [-0.1, -0.05) is 59.6 Å². The van der Waals surface area contributed by atoms with E-state index in [4.69, 9.17) is 16.6 Å². The Morgan fingerprint density at radius 2 is 1.48 bits per heavy atom. The van der Waals surface area contributed by atoms with Gasteiger partial charge in [-0.25, -0.2) is 4.98 Å². The van der Waals surface area contributed by atoms with E-state index in [0.29, 0.717) is 0 Å². The van der Waals surface area contributed by atoms with Crippen LogP contribution in [0.4, 0.5) is 0 Å². The fourth-order valence-corrected chi connectivity index (χ4v) is 3.36. The van der Waals surface area contributed by atoms with Crippen molar-refractivity contribution in [3.8, 4) is 11.3 Å². The van der Waals surface area contributed by atoms with Gasteiger partial charge in [0.15, 0.2) is 0 Å². The molecule has 23 heavy (non-hydrogen) atoms. The summed E-state index contributed by atoms with van der Waals surface area (Å²) in [5, 5.41) is 4.38. The van der Waals surface area contributed by atoms with Crippen molar-refractivity contribution in [2.45, 2.75) is 13.8 Å². The zero-order chi connectivity index (χ0) is 16.0. The number of hydrogen-bond acceptors (Lipinski definition) is 1. The van der Waals surface area contributed by atoms with Gasteiger partial charge in [0, 0.05) is 21.4 Å². The van der Waals surface area contributed by atoms with Crippen molar-refractivity contribution in [3.63, 3.8) is 0 Å². The number of aryl methyl sites for hydroxylation is 2. The summed E-state index contributed by atoms with van der Waals surface area (Å²) in [7, 11) is 0. The molecule has 0 bridgehead atoms. The van der Waals surface area contributed by atoms with E-state index in [1.807, 2.05) is 24.3 Å². The van der Waals surface area contributed by atoms with Gasteiger partial charge in [0.25, 0.3) is 0 Å². The molecule has 4 aromatic rings. The third-order valence-corrected chi connectivity index (χ3v) is 4.51. The molecule has 0 radical (unpaired) electrons. The van der Waals surface area contributed by atoms with Crippen LogP contribution in [0.1, 0.15) is 11.1 Å². The van der Waals surface area contributed by atoms with Crippen LogP contribution in [0.25, 0.3) is 32.9 Å². The number of halogens is 1. The van der Waals surface area contributed by atoms with E-state index >= 15 is 0 Å². The minimum Gasteiger partial charge on any atom is -0.247 e. The maximum atomic E-state index is 6.03. The Balaban J connectivity index is 2.16. The van der Waals surface area contributed by atoms with E-state index < -0.39 is 0 Å². The van der Waals surface area contributed by atoms with Crippen LogP contribution in [0.3, 0.4) is 0 Å². The standard InChI is InChI=1S/C21H16ClN/c1-13-11-14(2)20-19(12-13)17-5-3-4-6-18(17)21(23-20)15-7-9-16(22)10-8-15/h3-12H,1-2H3. The summed E-state index contributed by atoms with van der Waals surface area (Å²) in [6.45, 7) is 4.26. The van der Waals surface area contributed by atoms with E-state index in [0.717, 1.165) is 21.8 Å². The lowest BCUT2D eigenvalue weighted by molar-refractivity contribution is 1.35. The lowest BCUT2D eigenvalue weighted by Crippen LogP contribution is -1.92. The van der Waals surface area contributed by atoms with Gasteiger partial charge in [-0.3, -0.25) is 0 Å². The average Bonchev–Trinajstić information content (AvgIpc) is 2.55. The number of benzene rings is 3. The van der Waals surface area contributed by atoms with Gasteiger partial charge >= 0.3 is 0 Å². The number of rotatable bonds is 1. The van der Waals surface area contributed by atoms with Crippen molar-refractivity contribution in [2.24, 2.45) is 0 Å². The molecule has 0 saturated heterocycles. The molecule has 0 aliphatic rings. The number of fused-ring (bicyclic) bond motifs is 3. The second kappa shape index (κ2) is 5.36. The Hall–Kier alpha value is -2.38. The highest BCUT2D eigenvalue weighted by Gasteiger charge is 2.11. The van der Waals surface area contributed by atoms with Crippen LogP contribution < -0.4 is 0 Å². The molecule has 4 rings (SSSR count). The summed E-state index contributed by atoms with van der Waals surface area (Å²) < 4.78 is 0. The molecule has 1 heterocycles. The fourth-order valence-electron chi connectivity index (χ4n) is 3.24. The maximum Gasteiger partial charge on any atom is 0.0788 e. The van der Waals surface area contributed by atoms with Crippen molar-refractivity contribution in [2.75, 3.05) is 0 Å². The zero-order valence-corrected chi connectivity index (χ0v) is 13.9. The lowest BCUT2D eigenvalue weighted by atomic mass is 9.97. The molecular formula is C21H16ClN. The summed E-state index contributed by atoms with van der Waals surface area (Å²) in [6, 6.07) is 20.8. The predicted molar refractivity (Wildman–Crippen MR) is 99.2 cm³/mol. The van der Waals surface area contributed by atoms with Crippen molar-refractivity contribution in [1.82, 2.24) is 4.98 Å². The third kappa shape index (κ3) is 2.38. The summed E-state index contributed by atoms with van der Waals surface area (Å²) in [6.07, 6.45) is 0. The Morgan fingerprint density at radius 3 is 2.22 bits per heavy atom. The monoisotopic (exact) mass is 317 g/mol. The first-order valence-corrected chi connectivity index (χ1v) is 8.07. The predicted octanol–water partition coefficient (Wildman–Crippen LogP) is 6.33. The molecule has 0 aliphatic heterocycles. The second-order valence-corrected chi connectivity index (χ2v) is 6.43. The van der Waals surface area contributed by atoms with Crippen LogP contribution >= 0.6 is 11.6 Å². The van der Waals surface area contributed by atoms with Gasteiger partial charge in [-0.2, -0.15) is 0 Å². The largest absolute Gasteiger partial charge is 0.247 e. The topological polar surface area (TPSA) is 12.9 Å². The molecule has 1 nitrogen and oxygen atoms in total. The quantitative estimate of drug-likeness (QED) is 0.374. The highest BCUT2D eigenvalue weighted by atomic mass is 35.5. The van der Waals surface area contributed by atoms with Gasteiger partial charge in [0.2, 0.25) is 0 Å². The number of nitrogens with zero attached hydrogens (tertiary/aromatic N) is 1. The van der Waals surface area contributed by atoms with Crippen molar-refractivity contribution in [3.05, 3.63) is 76.8 Å². The fraction of sp³-hybridized carbons (Fsp3) is 0.0952. The van der Waals surface area contributed by atoms with Crippen LogP contribution in [-0.2, 0) is 0 Å². The van der Waals surface area contributed by atoms with Gasteiger partial charge in [0.05, 0.1) is 11.2 Å². The molecule has 112 valence electrons. The van der Waals surface area contributed by atoms with Crippen molar-refractivity contribution in [1.29, 1.82) is 0 Å². The Bertz CT molecular complexity index is 1030. The molecule has 0 spiro atoms. The van der Waals surface area contributed by atoms with E-state index in [9.17, 15) is 0 Å². The van der Waals surface area contributed by atoms with Gasteiger partial charge in [0.1, 0.15) is 0 Å². The molecule has 0 aliphatic carbocycles. The van der Waals surface area contributed by atoms with E-state index in [2.05, 4.69) is 50.2 Å². The smallest absolute Gasteiger partial charge is 0.0788 e. The van der Waals surface area contributed by atoms with Crippen LogP contribution in [0, 0.1) is 13.8 Å². The summed E-state index contributed by atoms with van der Waals surface area (Å²) in [5.74, 6) is 0. The summed E-state index contributed by atoms with van der Waals surface area (Å²) in [4.78, 5) is 5.00. The minimum absolute atomic E-state index is 0.741. The molecular weight excluding hydrogens is 302 g/mol.